The topological polar surface area (TPSA) is 46.3 Å². The lowest BCUT2D eigenvalue weighted by atomic mass is 9.97. The van der Waals surface area contributed by atoms with Crippen LogP contribution in [0.2, 0.25) is 0 Å². The van der Waals surface area contributed by atoms with E-state index in [1.54, 1.807) is 0 Å². The minimum atomic E-state index is -0.0834. The first kappa shape index (κ1) is 15.1. The van der Waals surface area contributed by atoms with Gasteiger partial charge >= 0.3 is 0 Å². The molecule has 1 fully saturated rings. The first-order valence-corrected chi connectivity index (χ1v) is 7.62. The molecule has 1 saturated heterocycles. The third-order valence-corrected chi connectivity index (χ3v) is 3.81. The molecule has 0 unspecified atom stereocenters. The lowest BCUT2D eigenvalue weighted by molar-refractivity contribution is -0.132. The summed E-state index contributed by atoms with van der Waals surface area (Å²) in [5, 5.41) is 0. The van der Waals surface area contributed by atoms with Gasteiger partial charge in [0.25, 0.3) is 0 Å². The van der Waals surface area contributed by atoms with Gasteiger partial charge in [-0.1, -0.05) is 20.8 Å². The minimum Gasteiger partial charge on any atom is -0.445 e. The highest BCUT2D eigenvalue weighted by molar-refractivity contribution is 5.76. The molecule has 0 bridgehead atoms. The monoisotopic (exact) mass is 278 g/mol. The number of nitrogens with zero attached hydrogens (tertiary/aromatic N) is 2. The molecule has 2 rings (SSSR count). The van der Waals surface area contributed by atoms with Gasteiger partial charge in [-0.05, 0) is 26.2 Å². The van der Waals surface area contributed by atoms with E-state index in [1.165, 1.54) is 6.42 Å². The van der Waals surface area contributed by atoms with Crippen molar-refractivity contribution < 1.29 is 9.21 Å². The van der Waals surface area contributed by atoms with Crippen molar-refractivity contribution in [3.63, 3.8) is 0 Å². The van der Waals surface area contributed by atoms with Crippen LogP contribution in [0.4, 0.5) is 0 Å². The van der Waals surface area contributed by atoms with Gasteiger partial charge < -0.3 is 9.32 Å². The maximum atomic E-state index is 12.2. The number of hydrogen-bond donors (Lipinski definition) is 0. The number of amides is 1. The molecular formula is C16H26N2O2. The van der Waals surface area contributed by atoms with Crippen molar-refractivity contribution in [3.8, 4) is 0 Å². The van der Waals surface area contributed by atoms with Crippen molar-refractivity contribution in [2.24, 2.45) is 0 Å². The van der Waals surface area contributed by atoms with Crippen molar-refractivity contribution in [1.82, 2.24) is 9.88 Å². The van der Waals surface area contributed by atoms with Gasteiger partial charge in [-0.25, -0.2) is 4.98 Å². The van der Waals surface area contributed by atoms with Crippen molar-refractivity contribution >= 4 is 5.91 Å². The number of rotatable bonds is 3. The number of oxazole rings is 1. The summed E-state index contributed by atoms with van der Waals surface area (Å²) < 4.78 is 5.83. The number of likely N-dealkylation sites (tertiary alicyclic amines) is 1. The van der Waals surface area contributed by atoms with E-state index in [0.29, 0.717) is 12.8 Å². The highest BCUT2D eigenvalue weighted by Gasteiger charge is 2.23. The molecule has 1 aromatic rings. The Bertz CT molecular complexity index is 465. The van der Waals surface area contributed by atoms with E-state index >= 15 is 0 Å². The van der Waals surface area contributed by atoms with Crippen LogP contribution >= 0.6 is 0 Å². The highest BCUT2D eigenvalue weighted by atomic mass is 16.4. The molecule has 0 aromatic carbocycles. The molecule has 0 aliphatic carbocycles. The van der Waals surface area contributed by atoms with Crippen LogP contribution in [0.1, 0.15) is 63.8 Å². The van der Waals surface area contributed by atoms with Crippen LogP contribution in [0, 0.1) is 6.92 Å². The lowest BCUT2D eigenvalue weighted by Gasteiger charge is -2.26. The highest BCUT2D eigenvalue weighted by Crippen LogP contribution is 2.24. The quantitative estimate of drug-likeness (QED) is 0.852. The second-order valence-corrected chi connectivity index (χ2v) is 6.72. The van der Waals surface area contributed by atoms with E-state index in [4.69, 9.17) is 4.42 Å². The Hall–Kier alpha value is -1.32. The Balaban J connectivity index is 1.93. The van der Waals surface area contributed by atoms with E-state index in [-0.39, 0.29) is 11.3 Å². The fourth-order valence-corrected chi connectivity index (χ4v) is 2.50. The summed E-state index contributed by atoms with van der Waals surface area (Å²) in [5.74, 6) is 1.87. The van der Waals surface area contributed by atoms with Crippen molar-refractivity contribution in [1.29, 1.82) is 0 Å². The first-order chi connectivity index (χ1) is 9.38. The first-order valence-electron chi connectivity index (χ1n) is 7.62. The molecule has 1 aliphatic rings. The molecule has 4 nitrogen and oxygen atoms in total. The van der Waals surface area contributed by atoms with Gasteiger partial charge in [-0.3, -0.25) is 4.79 Å². The average molecular weight is 278 g/mol. The van der Waals surface area contributed by atoms with E-state index in [9.17, 15) is 4.79 Å². The maximum absolute atomic E-state index is 12.2. The van der Waals surface area contributed by atoms with Crippen LogP contribution in [0.5, 0.6) is 0 Å². The van der Waals surface area contributed by atoms with Crippen LogP contribution in [0.3, 0.4) is 0 Å². The Morgan fingerprint density at radius 1 is 1.25 bits per heavy atom. The number of piperidine rings is 1. The summed E-state index contributed by atoms with van der Waals surface area (Å²) in [6, 6.07) is 0. The molecule has 0 spiro atoms. The largest absolute Gasteiger partial charge is 0.445 e. The number of hydrogen-bond acceptors (Lipinski definition) is 3. The van der Waals surface area contributed by atoms with Crippen LogP contribution in [-0.2, 0) is 16.6 Å². The molecular weight excluding hydrogens is 252 g/mol. The molecule has 0 N–H and O–H groups in total. The Kier molecular flexibility index (Phi) is 4.51. The molecule has 0 saturated carbocycles. The molecule has 4 heteroatoms. The van der Waals surface area contributed by atoms with Gasteiger partial charge in [0.1, 0.15) is 5.76 Å². The minimum absolute atomic E-state index is 0.0834. The molecule has 2 heterocycles. The predicted molar refractivity (Wildman–Crippen MR) is 78.7 cm³/mol. The Morgan fingerprint density at radius 2 is 1.90 bits per heavy atom. The van der Waals surface area contributed by atoms with Gasteiger partial charge in [0.05, 0.1) is 5.69 Å². The van der Waals surface area contributed by atoms with E-state index in [2.05, 4.69) is 25.8 Å². The summed E-state index contributed by atoms with van der Waals surface area (Å²) in [6.45, 7) is 10.0. The molecule has 0 atom stereocenters. The smallest absolute Gasteiger partial charge is 0.223 e. The van der Waals surface area contributed by atoms with Gasteiger partial charge in [0.2, 0.25) is 5.91 Å². The number of carbonyl (C=O) groups is 1. The van der Waals surface area contributed by atoms with Crippen molar-refractivity contribution in [2.45, 2.75) is 65.2 Å². The van der Waals surface area contributed by atoms with Gasteiger partial charge in [0, 0.05) is 31.3 Å². The van der Waals surface area contributed by atoms with Crippen molar-refractivity contribution in [3.05, 3.63) is 17.3 Å². The summed E-state index contributed by atoms with van der Waals surface area (Å²) in [6.07, 6.45) is 4.71. The maximum Gasteiger partial charge on any atom is 0.223 e. The average Bonchev–Trinajstić information content (AvgIpc) is 2.78. The third-order valence-electron chi connectivity index (χ3n) is 3.81. The molecule has 1 aliphatic heterocycles. The second kappa shape index (κ2) is 5.98. The predicted octanol–water partition coefficient (Wildman–Crippen LogP) is 3.23. The lowest BCUT2D eigenvalue weighted by Crippen LogP contribution is -2.35. The van der Waals surface area contributed by atoms with Crippen LogP contribution < -0.4 is 0 Å². The van der Waals surface area contributed by atoms with Crippen LogP contribution in [-0.4, -0.2) is 28.9 Å². The normalized spacial score (nSPS) is 16.5. The zero-order chi connectivity index (χ0) is 14.8. The molecule has 20 heavy (non-hydrogen) atoms. The van der Waals surface area contributed by atoms with E-state index in [0.717, 1.165) is 43.3 Å². The van der Waals surface area contributed by atoms with Crippen LogP contribution in [0.15, 0.2) is 4.42 Å². The second-order valence-electron chi connectivity index (χ2n) is 6.72. The molecule has 0 radical (unpaired) electrons. The fraction of sp³-hybridized carbons (Fsp3) is 0.750. The van der Waals surface area contributed by atoms with Gasteiger partial charge in [-0.15, -0.1) is 0 Å². The van der Waals surface area contributed by atoms with Gasteiger partial charge in [-0.2, -0.15) is 0 Å². The Morgan fingerprint density at radius 3 is 2.45 bits per heavy atom. The summed E-state index contributed by atoms with van der Waals surface area (Å²) in [5.41, 5.74) is 0.834. The Labute approximate surface area is 121 Å². The molecule has 1 aromatic heterocycles. The SMILES string of the molecule is Cc1nc(C(C)(C)C)oc1CCC(=O)N1CCCCC1. The van der Waals surface area contributed by atoms with Crippen molar-refractivity contribution in [2.75, 3.05) is 13.1 Å². The standard InChI is InChI=1S/C16H26N2O2/c1-12-13(20-15(17-12)16(2,3)4)8-9-14(19)18-10-6-5-7-11-18/h5-11H2,1-4H3. The molecule has 112 valence electrons. The number of carbonyl (C=O) groups excluding carboxylic acids is 1. The number of aromatic nitrogens is 1. The van der Waals surface area contributed by atoms with Gasteiger partial charge in [0.15, 0.2) is 5.89 Å². The fourth-order valence-electron chi connectivity index (χ4n) is 2.50. The van der Waals surface area contributed by atoms with E-state index in [1.807, 2.05) is 11.8 Å². The zero-order valence-electron chi connectivity index (χ0n) is 13.2. The number of aryl methyl sites for hydroxylation is 2. The summed E-state index contributed by atoms with van der Waals surface area (Å²) in [7, 11) is 0. The third kappa shape index (κ3) is 3.62. The van der Waals surface area contributed by atoms with Crippen LogP contribution in [0.25, 0.3) is 0 Å². The molecule has 1 amide bonds. The summed E-state index contributed by atoms with van der Waals surface area (Å²) >= 11 is 0. The summed E-state index contributed by atoms with van der Waals surface area (Å²) in [4.78, 5) is 18.6. The zero-order valence-corrected chi connectivity index (χ0v) is 13.2. The van der Waals surface area contributed by atoms with E-state index < -0.39 is 0 Å².